The average molecular weight is 460 g/mol. The van der Waals surface area contributed by atoms with Crippen LogP contribution in [0, 0.1) is 17.0 Å². The second-order valence-corrected chi connectivity index (χ2v) is 9.23. The van der Waals surface area contributed by atoms with Crippen LogP contribution in [-0.4, -0.2) is 26.8 Å². The molecular weight excluding hydrogens is 434 g/mol. The highest BCUT2D eigenvalue weighted by atomic mass is 32.1. The number of hydrogen-bond acceptors (Lipinski definition) is 5. The Labute approximate surface area is 195 Å². The maximum absolute atomic E-state index is 11.1. The number of thiazole rings is 1. The standard InChI is InChI=1S/C25H25N5O2S/c1-17-22(21-9-5-6-10-23(21)27-17)15-26-29-24(18-11-13-20(14-12-18)30(31)32)16-33-25(29)28-19-7-3-2-4-8-19/h5-6,9-16,19,27H,2-4,7-8H2,1H3. The number of para-hydroxylation sites is 1. The van der Waals surface area contributed by atoms with Crippen molar-refractivity contribution in [2.75, 3.05) is 0 Å². The maximum Gasteiger partial charge on any atom is 0.269 e. The molecule has 1 N–H and O–H groups in total. The Hall–Kier alpha value is -3.52. The van der Waals surface area contributed by atoms with Crippen LogP contribution in [0.3, 0.4) is 0 Å². The first-order valence-electron chi connectivity index (χ1n) is 11.2. The molecule has 0 radical (unpaired) electrons. The van der Waals surface area contributed by atoms with Crippen molar-refractivity contribution in [3.8, 4) is 11.3 Å². The van der Waals surface area contributed by atoms with E-state index in [9.17, 15) is 10.1 Å². The summed E-state index contributed by atoms with van der Waals surface area (Å²) in [5.41, 5.74) is 4.99. The van der Waals surface area contributed by atoms with Gasteiger partial charge in [0.1, 0.15) is 0 Å². The van der Waals surface area contributed by atoms with Crippen LogP contribution in [0.5, 0.6) is 0 Å². The predicted molar refractivity (Wildman–Crippen MR) is 133 cm³/mol. The lowest BCUT2D eigenvalue weighted by Gasteiger charge is -2.16. The first-order chi connectivity index (χ1) is 16.1. The molecule has 0 unspecified atom stereocenters. The molecule has 33 heavy (non-hydrogen) atoms. The van der Waals surface area contributed by atoms with Gasteiger partial charge in [-0.3, -0.25) is 15.1 Å². The van der Waals surface area contributed by atoms with Crippen molar-refractivity contribution < 1.29 is 4.92 Å². The summed E-state index contributed by atoms with van der Waals surface area (Å²) in [5.74, 6) is 0. The molecule has 1 aliphatic rings. The van der Waals surface area contributed by atoms with E-state index in [1.807, 2.05) is 35.3 Å². The van der Waals surface area contributed by atoms with Crippen LogP contribution in [0.25, 0.3) is 22.2 Å². The molecule has 1 saturated carbocycles. The Balaban J connectivity index is 1.60. The molecule has 4 aromatic rings. The summed E-state index contributed by atoms with van der Waals surface area (Å²) in [6.45, 7) is 2.05. The molecule has 0 amide bonds. The molecule has 1 fully saturated rings. The van der Waals surface area contributed by atoms with Gasteiger partial charge in [0.2, 0.25) is 4.80 Å². The Morgan fingerprint density at radius 2 is 1.88 bits per heavy atom. The molecule has 0 spiro atoms. The number of nitro benzene ring substituents is 1. The van der Waals surface area contributed by atoms with Gasteiger partial charge in [-0.1, -0.05) is 37.5 Å². The third-order valence-electron chi connectivity index (χ3n) is 6.17. The molecule has 8 heteroatoms. The van der Waals surface area contributed by atoms with E-state index < -0.39 is 0 Å². The lowest BCUT2D eigenvalue weighted by molar-refractivity contribution is -0.384. The number of non-ortho nitro benzene ring substituents is 1. The normalized spacial score (nSPS) is 15.6. The maximum atomic E-state index is 11.1. The van der Waals surface area contributed by atoms with Crippen LogP contribution in [0.15, 0.2) is 64.0 Å². The van der Waals surface area contributed by atoms with Crippen molar-refractivity contribution in [3.63, 3.8) is 0 Å². The minimum absolute atomic E-state index is 0.0746. The Morgan fingerprint density at radius 1 is 1.12 bits per heavy atom. The lowest BCUT2D eigenvalue weighted by Crippen LogP contribution is -2.19. The van der Waals surface area contributed by atoms with E-state index in [2.05, 4.69) is 17.1 Å². The van der Waals surface area contributed by atoms with Crippen molar-refractivity contribution in [3.05, 3.63) is 80.1 Å². The van der Waals surface area contributed by atoms with E-state index >= 15 is 0 Å². The highest BCUT2D eigenvalue weighted by Crippen LogP contribution is 2.25. The summed E-state index contributed by atoms with van der Waals surface area (Å²) in [6.07, 6.45) is 7.81. The minimum Gasteiger partial charge on any atom is -0.358 e. The fraction of sp³-hybridized carbons (Fsp3) is 0.280. The van der Waals surface area contributed by atoms with E-state index in [0.29, 0.717) is 6.04 Å². The summed E-state index contributed by atoms with van der Waals surface area (Å²) in [4.78, 5) is 20.0. The molecule has 0 aliphatic heterocycles. The van der Waals surface area contributed by atoms with E-state index in [1.165, 1.54) is 31.4 Å². The van der Waals surface area contributed by atoms with Gasteiger partial charge in [0.05, 0.1) is 22.9 Å². The highest BCUT2D eigenvalue weighted by molar-refractivity contribution is 7.07. The number of nitrogens with zero attached hydrogens (tertiary/aromatic N) is 4. The second-order valence-electron chi connectivity index (χ2n) is 8.39. The Morgan fingerprint density at radius 3 is 2.64 bits per heavy atom. The second kappa shape index (κ2) is 9.15. The summed E-state index contributed by atoms with van der Waals surface area (Å²) < 4.78 is 1.88. The molecule has 2 aromatic carbocycles. The van der Waals surface area contributed by atoms with Crippen molar-refractivity contribution in [1.29, 1.82) is 0 Å². The number of aromatic amines is 1. The number of fused-ring (bicyclic) bond motifs is 1. The highest BCUT2D eigenvalue weighted by Gasteiger charge is 2.15. The minimum atomic E-state index is -0.382. The average Bonchev–Trinajstić information content (AvgIpc) is 3.38. The van der Waals surface area contributed by atoms with Crippen molar-refractivity contribution in [2.45, 2.75) is 45.1 Å². The first-order valence-corrected chi connectivity index (χ1v) is 12.1. The predicted octanol–water partition coefficient (Wildman–Crippen LogP) is 6.03. The zero-order chi connectivity index (χ0) is 22.8. The van der Waals surface area contributed by atoms with Crippen molar-refractivity contribution >= 4 is 34.1 Å². The van der Waals surface area contributed by atoms with Gasteiger partial charge in [-0.2, -0.15) is 5.10 Å². The molecule has 0 bridgehead atoms. The van der Waals surface area contributed by atoms with Crippen LogP contribution in [0.4, 0.5) is 5.69 Å². The molecule has 168 valence electrons. The van der Waals surface area contributed by atoms with E-state index in [-0.39, 0.29) is 10.6 Å². The van der Waals surface area contributed by atoms with E-state index in [0.717, 1.165) is 51.1 Å². The van der Waals surface area contributed by atoms with Crippen LogP contribution < -0.4 is 4.80 Å². The number of rotatable bonds is 5. The zero-order valence-corrected chi connectivity index (χ0v) is 19.2. The number of nitro groups is 1. The molecule has 2 heterocycles. The summed E-state index contributed by atoms with van der Waals surface area (Å²) in [6, 6.07) is 15.1. The van der Waals surface area contributed by atoms with Gasteiger partial charge in [0.15, 0.2) is 0 Å². The molecule has 0 atom stereocenters. The number of H-pyrrole nitrogens is 1. The van der Waals surface area contributed by atoms with Gasteiger partial charge in [-0.05, 0) is 38.0 Å². The van der Waals surface area contributed by atoms with Gasteiger partial charge in [0.25, 0.3) is 5.69 Å². The van der Waals surface area contributed by atoms with Crippen molar-refractivity contribution in [1.82, 2.24) is 9.66 Å². The van der Waals surface area contributed by atoms with Crippen LogP contribution in [0.2, 0.25) is 0 Å². The van der Waals surface area contributed by atoms with Gasteiger partial charge < -0.3 is 4.98 Å². The van der Waals surface area contributed by atoms with Crippen LogP contribution in [-0.2, 0) is 0 Å². The van der Waals surface area contributed by atoms with Crippen LogP contribution >= 0.6 is 11.3 Å². The molecule has 0 saturated heterocycles. The van der Waals surface area contributed by atoms with Crippen molar-refractivity contribution in [2.24, 2.45) is 10.1 Å². The number of aromatic nitrogens is 2. The SMILES string of the molecule is Cc1[nH]c2ccccc2c1C=Nn1c(-c2ccc([N+](=O)[O-])cc2)csc1=NC1CCCCC1. The molecule has 7 nitrogen and oxygen atoms in total. The largest absolute Gasteiger partial charge is 0.358 e. The topological polar surface area (TPSA) is 88.6 Å². The van der Waals surface area contributed by atoms with Gasteiger partial charge in [-0.15, -0.1) is 11.3 Å². The van der Waals surface area contributed by atoms with E-state index in [4.69, 9.17) is 10.1 Å². The van der Waals surface area contributed by atoms with E-state index in [1.54, 1.807) is 23.5 Å². The van der Waals surface area contributed by atoms with Crippen LogP contribution in [0.1, 0.15) is 43.4 Å². The fourth-order valence-electron chi connectivity index (χ4n) is 4.40. The Kier molecular flexibility index (Phi) is 5.92. The quantitative estimate of drug-likeness (QED) is 0.224. The molecule has 1 aliphatic carbocycles. The number of benzene rings is 2. The first kappa shape index (κ1) is 21.3. The lowest BCUT2D eigenvalue weighted by atomic mass is 9.96. The van der Waals surface area contributed by atoms with Gasteiger partial charge in [-0.25, -0.2) is 4.68 Å². The third kappa shape index (κ3) is 4.39. The molecule has 5 rings (SSSR count). The summed E-state index contributed by atoms with van der Waals surface area (Å²) in [5, 5.41) is 19.1. The smallest absolute Gasteiger partial charge is 0.269 e. The van der Waals surface area contributed by atoms with Gasteiger partial charge in [0, 0.05) is 45.2 Å². The fourth-order valence-corrected chi connectivity index (χ4v) is 5.31. The summed E-state index contributed by atoms with van der Waals surface area (Å²) in [7, 11) is 0. The number of hydrogen-bond donors (Lipinski definition) is 1. The third-order valence-corrected chi connectivity index (χ3v) is 7.00. The molecular formula is C25H25N5O2S. The monoisotopic (exact) mass is 459 g/mol. The zero-order valence-electron chi connectivity index (χ0n) is 18.4. The summed E-state index contributed by atoms with van der Waals surface area (Å²) >= 11 is 1.56. The Bertz CT molecular complexity index is 1390. The molecule has 2 aromatic heterocycles. The van der Waals surface area contributed by atoms with Gasteiger partial charge >= 0.3 is 0 Å². The number of nitrogens with one attached hydrogen (secondary N) is 1. The number of aryl methyl sites for hydroxylation is 1.